The maximum atomic E-state index is 12.8. The molecule has 106 valence electrons. The summed E-state index contributed by atoms with van der Waals surface area (Å²) in [6, 6.07) is 4.14. The van der Waals surface area contributed by atoms with Crippen LogP contribution >= 0.6 is 15.9 Å². The quantitative estimate of drug-likeness (QED) is 0.870. The molecule has 1 fully saturated rings. The number of imidazole rings is 1. The number of hydrogen-bond donors (Lipinski definition) is 1. The van der Waals surface area contributed by atoms with Crippen LogP contribution in [0.2, 0.25) is 0 Å². The second kappa shape index (κ2) is 4.80. The standard InChI is InChI=1S/C13H11BrF3N3/c14-9-5-8(13(15,16)17)6-10(7-9)19-12-18-3-4-20(12)11-1-2-11/h3-7,11H,1-2H2,(H,18,19). The van der Waals surface area contributed by atoms with Crippen molar-refractivity contribution in [2.75, 3.05) is 5.32 Å². The third kappa shape index (κ3) is 2.82. The molecule has 3 nitrogen and oxygen atoms in total. The van der Waals surface area contributed by atoms with Gasteiger partial charge in [-0.25, -0.2) is 4.98 Å². The molecule has 0 aliphatic heterocycles. The van der Waals surface area contributed by atoms with Crippen LogP contribution in [-0.2, 0) is 6.18 Å². The SMILES string of the molecule is FC(F)(F)c1cc(Br)cc(Nc2nccn2C2CC2)c1. The molecule has 0 atom stereocenters. The summed E-state index contributed by atoms with van der Waals surface area (Å²) >= 11 is 3.10. The van der Waals surface area contributed by atoms with Gasteiger partial charge in [-0.15, -0.1) is 0 Å². The molecule has 1 saturated carbocycles. The molecule has 1 aliphatic carbocycles. The molecule has 0 radical (unpaired) electrons. The molecule has 0 saturated heterocycles. The minimum atomic E-state index is -4.37. The Kier molecular flexibility index (Phi) is 3.24. The molecule has 0 spiro atoms. The molecular weight excluding hydrogens is 335 g/mol. The van der Waals surface area contributed by atoms with Gasteiger partial charge >= 0.3 is 6.18 Å². The van der Waals surface area contributed by atoms with Crippen LogP contribution in [0.15, 0.2) is 35.1 Å². The number of nitrogens with zero attached hydrogens (tertiary/aromatic N) is 2. The van der Waals surface area contributed by atoms with Crippen LogP contribution < -0.4 is 5.32 Å². The Labute approximate surface area is 121 Å². The van der Waals surface area contributed by atoms with Gasteiger partial charge in [0, 0.05) is 28.6 Å². The molecule has 1 heterocycles. The summed E-state index contributed by atoms with van der Waals surface area (Å²) in [5, 5.41) is 2.95. The normalized spacial score (nSPS) is 15.4. The minimum Gasteiger partial charge on any atom is -0.326 e. The first kappa shape index (κ1) is 13.5. The lowest BCUT2D eigenvalue weighted by atomic mass is 10.2. The Morgan fingerprint density at radius 1 is 1.25 bits per heavy atom. The maximum Gasteiger partial charge on any atom is 0.416 e. The number of halogens is 4. The molecule has 1 aromatic carbocycles. The van der Waals surface area contributed by atoms with Gasteiger partial charge in [-0.2, -0.15) is 13.2 Å². The molecule has 1 aliphatic rings. The number of benzene rings is 1. The van der Waals surface area contributed by atoms with E-state index >= 15 is 0 Å². The van der Waals surface area contributed by atoms with Crippen molar-refractivity contribution in [2.45, 2.75) is 25.1 Å². The summed E-state index contributed by atoms with van der Waals surface area (Å²) in [6.07, 6.45) is 1.27. The van der Waals surface area contributed by atoms with Crippen LogP contribution in [0.3, 0.4) is 0 Å². The third-order valence-corrected chi connectivity index (χ3v) is 3.55. The van der Waals surface area contributed by atoms with E-state index in [1.54, 1.807) is 12.3 Å². The second-order valence-corrected chi connectivity index (χ2v) is 5.66. The highest BCUT2D eigenvalue weighted by molar-refractivity contribution is 9.10. The van der Waals surface area contributed by atoms with Crippen molar-refractivity contribution in [2.24, 2.45) is 0 Å². The molecule has 1 aromatic heterocycles. The summed E-state index contributed by atoms with van der Waals surface area (Å²) in [7, 11) is 0. The predicted molar refractivity (Wildman–Crippen MR) is 72.9 cm³/mol. The number of rotatable bonds is 3. The summed E-state index contributed by atoms with van der Waals surface area (Å²) < 4.78 is 40.7. The number of nitrogens with one attached hydrogen (secondary N) is 1. The lowest BCUT2D eigenvalue weighted by molar-refractivity contribution is -0.137. The van der Waals surface area contributed by atoms with Crippen molar-refractivity contribution in [1.29, 1.82) is 0 Å². The zero-order valence-electron chi connectivity index (χ0n) is 10.3. The van der Waals surface area contributed by atoms with Crippen molar-refractivity contribution in [3.8, 4) is 0 Å². The predicted octanol–water partition coefficient (Wildman–Crippen LogP) is 4.74. The van der Waals surface area contributed by atoms with Gasteiger partial charge < -0.3 is 9.88 Å². The van der Waals surface area contributed by atoms with E-state index in [0.717, 1.165) is 25.0 Å². The van der Waals surface area contributed by atoms with E-state index in [1.807, 2.05) is 10.8 Å². The fraction of sp³-hybridized carbons (Fsp3) is 0.308. The topological polar surface area (TPSA) is 29.9 Å². The Bertz CT molecular complexity index is 632. The van der Waals surface area contributed by atoms with Gasteiger partial charge in [-0.05, 0) is 31.0 Å². The van der Waals surface area contributed by atoms with Gasteiger partial charge in [-0.1, -0.05) is 15.9 Å². The van der Waals surface area contributed by atoms with Gasteiger partial charge in [0.15, 0.2) is 0 Å². The first-order valence-corrected chi connectivity index (χ1v) is 6.90. The second-order valence-electron chi connectivity index (χ2n) is 4.74. The summed E-state index contributed by atoms with van der Waals surface area (Å²) in [4.78, 5) is 4.15. The lowest BCUT2D eigenvalue weighted by Crippen LogP contribution is -2.07. The van der Waals surface area contributed by atoms with E-state index in [9.17, 15) is 13.2 Å². The van der Waals surface area contributed by atoms with E-state index in [-0.39, 0.29) is 0 Å². The molecule has 0 amide bonds. The molecule has 3 rings (SSSR count). The highest BCUT2D eigenvalue weighted by atomic mass is 79.9. The largest absolute Gasteiger partial charge is 0.416 e. The van der Waals surface area contributed by atoms with E-state index in [1.165, 1.54) is 0 Å². The molecule has 1 N–H and O–H groups in total. The first-order chi connectivity index (χ1) is 9.43. The van der Waals surface area contributed by atoms with Crippen molar-refractivity contribution in [3.05, 3.63) is 40.6 Å². The molecule has 2 aromatic rings. The number of aromatic nitrogens is 2. The van der Waals surface area contributed by atoms with Crippen molar-refractivity contribution >= 4 is 27.6 Å². The zero-order chi connectivity index (χ0) is 14.3. The Balaban J connectivity index is 1.90. The van der Waals surface area contributed by atoms with Gasteiger partial charge in [0.2, 0.25) is 5.95 Å². The Morgan fingerprint density at radius 3 is 2.65 bits per heavy atom. The third-order valence-electron chi connectivity index (χ3n) is 3.09. The average Bonchev–Trinajstić information content (AvgIpc) is 3.09. The summed E-state index contributed by atoms with van der Waals surface area (Å²) in [6.45, 7) is 0. The summed E-state index contributed by atoms with van der Waals surface area (Å²) in [5.41, 5.74) is -0.335. The van der Waals surface area contributed by atoms with E-state index in [2.05, 4.69) is 26.2 Å². The molecule has 0 unspecified atom stereocenters. The summed E-state index contributed by atoms with van der Waals surface area (Å²) in [5.74, 6) is 0.568. The van der Waals surface area contributed by atoms with Gasteiger partial charge in [0.1, 0.15) is 0 Å². The van der Waals surface area contributed by atoms with Gasteiger partial charge in [-0.3, -0.25) is 0 Å². The Hall–Kier alpha value is -1.50. The van der Waals surface area contributed by atoms with Crippen LogP contribution in [0.5, 0.6) is 0 Å². The van der Waals surface area contributed by atoms with Crippen LogP contribution in [0.25, 0.3) is 0 Å². The van der Waals surface area contributed by atoms with Gasteiger partial charge in [0.25, 0.3) is 0 Å². The van der Waals surface area contributed by atoms with E-state index < -0.39 is 11.7 Å². The minimum absolute atomic E-state index is 0.361. The number of anilines is 2. The average molecular weight is 346 g/mol. The van der Waals surface area contributed by atoms with Crippen molar-refractivity contribution in [1.82, 2.24) is 9.55 Å². The molecule has 7 heteroatoms. The smallest absolute Gasteiger partial charge is 0.326 e. The number of hydrogen-bond acceptors (Lipinski definition) is 2. The van der Waals surface area contributed by atoms with Crippen molar-refractivity contribution < 1.29 is 13.2 Å². The highest BCUT2D eigenvalue weighted by Gasteiger charge is 2.31. The molecule has 20 heavy (non-hydrogen) atoms. The van der Waals surface area contributed by atoms with Crippen LogP contribution in [0.1, 0.15) is 24.4 Å². The lowest BCUT2D eigenvalue weighted by Gasteiger charge is -2.12. The fourth-order valence-corrected chi connectivity index (χ4v) is 2.51. The highest BCUT2D eigenvalue weighted by Crippen LogP contribution is 2.38. The Morgan fingerprint density at radius 2 is 2.00 bits per heavy atom. The van der Waals surface area contributed by atoms with Gasteiger partial charge in [0.05, 0.1) is 5.56 Å². The van der Waals surface area contributed by atoms with E-state index in [4.69, 9.17) is 0 Å². The van der Waals surface area contributed by atoms with Crippen molar-refractivity contribution in [3.63, 3.8) is 0 Å². The van der Waals surface area contributed by atoms with E-state index in [0.29, 0.717) is 22.2 Å². The zero-order valence-corrected chi connectivity index (χ0v) is 11.9. The van der Waals surface area contributed by atoms with Crippen LogP contribution in [0.4, 0.5) is 24.8 Å². The molecular formula is C13H11BrF3N3. The fourth-order valence-electron chi connectivity index (χ4n) is 2.01. The first-order valence-electron chi connectivity index (χ1n) is 6.11. The maximum absolute atomic E-state index is 12.8. The number of alkyl halides is 3. The van der Waals surface area contributed by atoms with Crippen LogP contribution in [0, 0.1) is 0 Å². The van der Waals surface area contributed by atoms with Crippen LogP contribution in [-0.4, -0.2) is 9.55 Å². The molecule has 0 bridgehead atoms. The monoisotopic (exact) mass is 345 g/mol.